The zero-order chi connectivity index (χ0) is 36.4. The molecule has 2 saturated carbocycles. The molecule has 1 aliphatic heterocycles. The van der Waals surface area contributed by atoms with Crippen LogP contribution in [-0.4, -0.2) is 81.7 Å². The van der Waals surface area contributed by atoms with Crippen molar-refractivity contribution in [2.45, 2.75) is 148 Å². The first-order chi connectivity index (χ1) is 22.7. The van der Waals surface area contributed by atoms with Crippen LogP contribution in [0.25, 0.3) is 0 Å². The number of fused-ring (bicyclic) bond motifs is 5. The van der Waals surface area contributed by atoms with Gasteiger partial charge in [0.2, 0.25) is 0 Å². The van der Waals surface area contributed by atoms with Gasteiger partial charge in [-0.05, 0) is 62.4 Å². The fourth-order valence-electron chi connectivity index (χ4n) is 9.67. The van der Waals surface area contributed by atoms with Crippen molar-refractivity contribution in [2.24, 2.45) is 16.7 Å². The van der Waals surface area contributed by atoms with Crippen LogP contribution in [0.1, 0.15) is 85.0 Å². The van der Waals surface area contributed by atoms with Gasteiger partial charge in [-0.3, -0.25) is 9.59 Å². The standard InChI is InChI=1S/C38H58O9Si2/c1-12-49(13-2,14-3)47-29-20-30-37(23-43-30,45-25(5)39)32-33(44-34(41)26-18-16-15-17-19-26)38(42)22-28(46-48(9,10)11)24(4)31(35(38,6)7)27(40)21-36(29,32)8/h15-19,28-30,32-33,42H,12-14,20-23H2,1-11H3/t28?,29-,30+,32?,33-,36+,37-,38+/m0/s1. The van der Waals surface area contributed by atoms with E-state index in [0.29, 0.717) is 17.6 Å². The number of ether oxygens (including phenoxy) is 3. The van der Waals surface area contributed by atoms with E-state index in [2.05, 4.69) is 40.4 Å². The van der Waals surface area contributed by atoms with Gasteiger partial charge in [0, 0.05) is 42.6 Å². The summed E-state index contributed by atoms with van der Waals surface area (Å²) in [6, 6.07) is 11.4. The van der Waals surface area contributed by atoms with Crippen LogP contribution in [0.2, 0.25) is 37.8 Å². The van der Waals surface area contributed by atoms with E-state index in [-0.39, 0.29) is 25.2 Å². The van der Waals surface area contributed by atoms with E-state index in [1.165, 1.54) is 6.92 Å². The zero-order valence-electron chi connectivity index (χ0n) is 31.4. The summed E-state index contributed by atoms with van der Waals surface area (Å²) in [5, 5.41) is 13.5. The molecule has 1 aromatic rings. The number of benzene rings is 1. The molecule has 0 amide bonds. The molecule has 2 unspecified atom stereocenters. The Morgan fingerprint density at radius 2 is 1.61 bits per heavy atom. The molecule has 0 aromatic heterocycles. The topological polar surface area (TPSA) is 118 Å². The third-order valence-corrected chi connectivity index (χ3v) is 18.2. The van der Waals surface area contributed by atoms with Crippen LogP contribution in [0.15, 0.2) is 41.5 Å². The number of carbonyl (C=O) groups is 3. The Hall–Kier alpha value is -2.16. The van der Waals surface area contributed by atoms with Crippen molar-refractivity contribution in [1.82, 2.24) is 0 Å². The number of ketones is 1. The predicted molar refractivity (Wildman–Crippen MR) is 192 cm³/mol. The maximum Gasteiger partial charge on any atom is 0.338 e. The first-order valence-electron chi connectivity index (χ1n) is 18.1. The lowest BCUT2D eigenvalue weighted by Crippen LogP contribution is -2.80. The minimum absolute atomic E-state index is 0.0583. The molecule has 5 rings (SSSR count). The molecule has 9 nitrogen and oxygen atoms in total. The second-order valence-electron chi connectivity index (χ2n) is 16.7. The van der Waals surface area contributed by atoms with Crippen LogP contribution in [0.3, 0.4) is 0 Å². The monoisotopic (exact) mass is 714 g/mol. The fraction of sp³-hybridized carbons (Fsp3) is 0.711. The molecule has 8 atom stereocenters. The Balaban J connectivity index is 1.82. The van der Waals surface area contributed by atoms with E-state index in [4.69, 9.17) is 23.1 Å². The minimum Gasteiger partial charge on any atom is -0.455 e. The molecular formula is C38H58O9Si2. The summed E-state index contributed by atoms with van der Waals surface area (Å²) < 4.78 is 33.3. The largest absolute Gasteiger partial charge is 0.455 e. The number of aliphatic hydroxyl groups is 1. The van der Waals surface area contributed by atoms with E-state index < -0.39 is 80.9 Å². The van der Waals surface area contributed by atoms with Crippen LogP contribution in [0, 0.1) is 16.7 Å². The lowest BCUT2D eigenvalue weighted by molar-refractivity contribution is -0.348. The third kappa shape index (κ3) is 6.24. The quantitative estimate of drug-likeness (QED) is 0.202. The van der Waals surface area contributed by atoms with Gasteiger partial charge in [0.1, 0.15) is 17.8 Å². The Morgan fingerprint density at radius 1 is 1.00 bits per heavy atom. The SMILES string of the molecule is CC[Si](CC)(CC)O[C@H]1C[C@H]2OC[C@@]2(OC(C)=O)C2[C@H](OC(=O)c3ccccc3)[C@]3(O)CC(O[Si](C)(C)C)C(C)=C(C(=O)C[C@@]21C)C3(C)C. The van der Waals surface area contributed by atoms with Crippen molar-refractivity contribution < 1.29 is 42.6 Å². The van der Waals surface area contributed by atoms with Gasteiger partial charge in [0.15, 0.2) is 28.0 Å². The van der Waals surface area contributed by atoms with Crippen molar-refractivity contribution in [3.63, 3.8) is 0 Å². The zero-order valence-corrected chi connectivity index (χ0v) is 33.4. The molecule has 1 aromatic carbocycles. The highest BCUT2D eigenvalue weighted by atomic mass is 28.4. The van der Waals surface area contributed by atoms with Gasteiger partial charge in [0.25, 0.3) is 0 Å². The van der Waals surface area contributed by atoms with Gasteiger partial charge >= 0.3 is 11.9 Å². The Labute approximate surface area is 294 Å². The van der Waals surface area contributed by atoms with Gasteiger partial charge in [0.05, 0.1) is 30.3 Å². The van der Waals surface area contributed by atoms with Crippen LogP contribution in [-0.2, 0) is 32.7 Å². The molecule has 49 heavy (non-hydrogen) atoms. The summed E-state index contributed by atoms with van der Waals surface area (Å²) in [6.45, 7) is 21.9. The van der Waals surface area contributed by atoms with Crippen molar-refractivity contribution in [2.75, 3.05) is 6.61 Å². The highest BCUT2D eigenvalue weighted by molar-refractivity contribution is 6.73. The summed E-state index contributed by atoms with van der Waals surface area (Å²) in [5.41, 5.74) is -3.56. The van der Waals surface area contributed by atoms with Crippen LogP contribution < -0.4 is 0 Å². The normalized spacial score (nSPS) is 35.7. The molecule has 1 saturated heterocycles. The molecule has 3 fully saturated rings. The summed E-state index contributed by atoms with van der Waals surface area (Å²) in [7, 11) is -4.46. The summed E-state index contributed by atoms with van der Waals surface area (Å²) >= 11 is 0. The van der Waals surface area contributed by atoms with E-state index >= 15 is 4.79 Å². The van der Waals surface area contributed by atoms with Crippen LogP contribution >= 0.6 is 0 Å². The van der Waals surface area contributed by atoms with E-state index in [1.807, 2.05) is 33.8 Å². The number of carbonyl (C=O) groups excluding carboxylic acids is 3. The molecule has 2 bridgehead atoms. The number of hydrogen-bond acceptors (Lipinski definition) is 9. The Morgan fingerprint density at radius 3 is 2.12 bits per heavy atom. The van der Waals surface area contributed by atoms with E-state index in [9.17, 15) is 14.7 Å². The molecule has 272 valence electrons. The Bertz CT molecular complexity index is 1470. The average molecular weight is 715 g/mol. The molecule has 4 aliphatic rings. The number of hydrogen-bond donors (Lipinski definition) is 1. The molecule has 11 heteroatoms. The van der Waals surface area contributed by atoms with E-state index in [0.717, 1.165) is 23.7 Å². The second-order valence-corrected chi connectivity index (χ2v) is 25.9. The second kappa shape index (κ2) is 13.1. The maximum atomic E-state index is 15.0. The summed E-state index contributed by atoms with van der Waals surface area (Å²) in [4.78, 5) is 42.2. The summed E-state index contributed by atoms with van der Waals surface area (Å²) in [6.07, 6.45) is -2.25. The highest BCUT2D eigenvalue weighted by Gasteiger charge is 2.76. The van der Waals surface area contributed by atoms with Crippen molar-refractivity contribution in [1.29, 1.82) is 0 Å². The van der Waals surface area contributed by atoms with Crippen molar-refractivity contribution in [3.05, 3.63) is 47.0 Å². The fourth-order valence-corrected chi connectivity index (χ4v) is 13.8. The molecule has 1 N–H and O–H groups in total. The van der Waals surface area contributed by atoms with Gasteiger partial charge in [-0.25, -0.2) is 4.79 Å². The molecule has 0 spiro atoms. The van der Waals surface area contributed by atoms with Gasteiger partial charge < -0.3 is 28.2 Å². The van der Waals surface area contributed by atoms with Crippen LogP contribution in [0.5, 0.6) is 0 Å². The highest BCUT2D eigenvalue weighted by Crippen LogP contribution is 2.65. The van der Waals surface area contributed by atoms with Gasteiger partial charge in [-0.15, -0.1) is 0 Å². The Kier molecular flexibility index (Phi) is 10.2. The molecule has 1 heterocycles. The van der Waals surface area contributed by atoms with Crippen molar-refractivity contribution in [3.8, 4) is 0 Å². The molecule has 0 radical (unpaired) electrons. The minimum atomic E-state index is -2.27. The van der Waals surface area contributed by atoms with E-state index in [1.54, 1.807) is 24.3 Å². The predicted octanol–water partition coefficient (Wildman–Crippen LogP) is 7.00. The number of rotatable bonds is 10. The average Bonchev–Trinajstić information content (AvgIpc) is 3.01. The smallest absolute Gasteiger partial charge is 0.338 e. The third-order valence-electron chi connectivity index (χ3n) is 12.5. The molecular weight excluding hydrogens is 657 g/mol. The van der Waals surface area contributed by atoms with Crippen LogP contribution in [0.4, 0.5) is 0 Å². The van der Waals surface area contributed by atoms with Gasteiger partial charge in [-0.1, -0.05) is 59.7 Å². The van der Waals surface area contributed by atoms with Gasteiger partial charge in [-0.2, -0.15) is 0 Å². The maximum absolute atomic E-state index is 15.0. The number of Topliss-reactive ketones (excluding diaryl/α,β-unsaturated/α-hetero) is 1. The summed E-state index contributed by atoms with van der Waals surface area (Å²) in [5.74, 6) is -2.03. The molecule has 3 aliphatic carbocycles. The first kappa shape index (κ1) is 38.1. The van der Waals surface area contributed by atoms with Crippen molar-refractivity contribution >= 4 is 34.4 Å². The first-order valence-corrected chi connectivity index (χ1v) is 24.1. The lowest BCUT2D eigenvalue weighted by atomic mass is 9.45. The number of esters is 2. The lowest BCUT2D eigenvalue weighted by Gasteiger charge is -2.68.